The molecule has 0 saturated carbocycles. The lowest BCUT2D eigenvalue weighted by molar-refractivity contribution is -0.144. The van der Waals surface area contributed by atoms with Crippen LogP contribution in [0.25, 0.3) is 5.69 Å². The Hall–Kier alpha value is -3.80. The third-order valence-corrected chi connectivity index (χ3v) is 7.65. The second-order valence-electron chi connectivity index (χ2n) is 8.41. The van der Waals surface area contributed by atoms with Crippen LogP contribution >= 0.6 is 0 Å². The summed E-state index contributed by atoms with van der Waals surface area (Å²) in [4.78, 5) is 24.5. The van der Waals surface area contributed by atoms with E-state index in [9.17, 15) is 18.0 Å². The van der Waals surface area contributed by atoms with Crippen molar-refractivity contribution in [2.24, 2.45) is 5.92 Å². The van der Waals surface area contributed by atoms with Gasteiger partial charge in [0.15, 0.2) is 0 Å². The van der Waals surface area contributed by atoms with Gasteiger partial charge in [-0.2, -0.15) is 4.68 Å². The molecule has 0 radical (unpaired) electrons. The van der Waals surface area contributed by atoms with Crippen LogP contribution in [0.2, 0.25) is 0 Å². The number of esters is 2. The molecular formula is C24H26N4O7S. The number of sulfone groups is 1. The number of aromatic nitrogens is 4. The lowest BCUT2D eigenvalue weighted by Gasteiger charge is -2.27. The molecule has 2 aromatic carbocycles. The van der Waals surface area contributed by atoms with Crippen molar-refractivity contribution in [3.8, 4) is 11.4 Å². The summed E-state index contributed by atoms with van der Waals surface area (Å²) in [6.07, 6.45) is -0.635. The number of ether oxygens (including phenoxy) is 3. The molecule has 1 aliphatic heterocycles. The van der Waals surface area contributed by atoms with E-state index in [-0.39, 0.29) is 35.3 Å². The quantitative estimate of drug-likeness (QED) is 0.370. The van der Waals surface area contributed by atoms with Gasteiger partial charge >= 0.3 is 11.9 Å². The van der Waals surface area contributed by atoms with Gasteiger partial charge in [-0.3, -0.25) is 4.79 Å². The molecule has 0 spiro atoms. The molecular weight excluding hydrogens is 488 g/mol. The normalized spacial score (nSPS) is 17.3. The predicted octanol–water partition coefficient (Wildman–Crippen LogP) is 2.40. The number of tetrazole rings is 1. The van der Waals surface area contributed by atoms with Gasteiger partial charge in [0.25, 0.3) is 5.16 Å². The third kappa shape index (κ3) is 5.70. The maximum absolute atomic E-state index is 13.2. The van der Waals surface area contributed by atoms with E-state index in [0.29, 0.717) is 17.9 Å². The van der Waals surface area contributed by atoms with Crippen molar-refractivity contribution in [1.29, 1.82) is 0 Å². The number of carbonyl (C=O) groups excluding carboxylic acids is 2. The zero-order chi connectivity index (χ0) is 25.7. The molecule has 4 rings (SSSR count). The van der Waals surface area contributed by atoms with E-state index in [1.165, 1.54) is 7.11 Å². The van der Waals surface area contributed by atoms with Crippen LogP contribution in [-0.4, -0.2) is 65.6 Å². The van der Waals surface area contributed by atoms with Crippen LogP contribution in [-0.2, 0) is 24.1 Å². The second kappa shape index (κ2) is 10.9. The van der Waals surface area contributed by atoms with Crippen molar-refractivity contribution in [3.63, 3.8) is 0 Å². The molecule has 2 heterocycles. The van der Waals surface area contributed by atoms with Crippen molar-refractivity contribution < 1.29 is 32.2 Å². The maximum atomic E-state index is 13.2. The monoisotopic (exact) mass is 514 g/mol. The van der Waals surface area contributed by atoms with E-state index < -0.39 is 33.9 Å². The molecule has 0 N–H and O–H groups in total. The second-order valence-corrected chi connectivity index (χ2v) is 10.4. The van der Waals surface area contributed by atoms with Crippen LogP contribution < -0.4 is 4.74 Å². The number of rotatable bonds is 10. The van der Waals surface area contributed by atoms with Crippen LogP contribution in [0.3, 0.4) is 0 Å². The number of methoxy groups -OCH3 is 1. The summed E-state index contributed by atoms with van der Waals surface area (Å²) in [5.74, 6) is -1.19. The van der Waals surface area contributed by atoms with E-state index in [0.717, 1.165) is 4.68 Å². The lowest BCUT2D eigenvalue weighted by atomic mass is 9.94. The zero-order valence-corrected chi connectivity index (χ0v) is 20.6. The van der Waals surface area contributed by atoms with Crippen molar-refractivity contribution >= 4 is 21.8 Å². The minimum atomic E-state index is -3.96. The van der Waals surface area contributed by atoms with Crippen molar-refractivity contribution in [2.45, 2.75) is 43.6 Å². The van der Waals surface area contributed by atoms with E-state index in [1.807, 2.05) is 0 Å². The minimum Gasteiger partial charge on any atom is -0.497 e. The molecule has 0 amide bonds. The van der Waals surface area contributed by atoms with Gasteiger partial charge in [-0.05, 0) is 59.7 Å². The van der Waals surface area contributed by atoms with Crippen molar-refractivity contribution in [2.75, 3.05) is 12.9 Å². The first-order chi connectivity index (χ1) is 17.3. The third-order valence-electron chi connectivity index (χ3n) is 6.06. The summed E-state index contributed by atoms with van der Waals surface area (Å²) in [5.41, 5.74) is 0.780. The van der Waals surface area contributed by atoms with Gasteiger partial charge in [-0.1, -0.05) is 30.2 Å². The summed E-state index contributed by atoms with van der Waals surface area (Å²) in [6, 6.07) is 15.0. The highest BCUT2D eigenvalue weighted by atomic mass is 32.2. The van der Waals surface area contributed by atoms with Crippen LogP contribution in [0.1, 0.15) is 36.5 Å². The summed E-state index contributed by atoms with van der Waals surface area (Å²) < 4.78 is 43.8. The van der Waals surface area contributed by atoms with Gasteiger partial charge in [-0.25, -0.2) is 13.2 Å². The highest BCUT2D eigenvalue weighted by Crippen LogP contribution is 2.28. The lowest BCUT2D eigenvalue weighted by Crippen LogP contribution is -2.35. The summed E-state index contributed by atoms with van der Waals surface area (Å²) in [5, 5.41) is 10.8. The van der Waals surface area contributed by atoms with Gasteiger partial charge in [0.2, 0.25) is 9.84 Å². The number of para-hydroxylation sites is 1. The molecule has 1 aromatic heterocycles. The molecule has 3 aromatic rings. The fourth-order valence-electron chi connectivity index (χ4n) is 3.98. The topological polar surface area (TPSA) is 140 Å². The molecule has 36 heavy (non-hydrogen) atoms. The fraction of sp³-hybridized carbons (Fsp3) is 0.375. The number of hydrogen-bond donors (Lipinski definition) is 0. The van der Waals surface area contributed by atoms with E-state index in [1.54, 1.807) is 61.5 Å². The maximum Gasteiger partial charge on any atom is 0.338 e. The Morgan fingerprint density at radius 1 is 1.17 bits per heavy atom. The van der Waals surface area contributed by atoms with Crippen LogP contribution in [0.15, 0.2) is 59.8 Å². The number of hydrogen-bond acceptors (Lipinski definition) is 10. The Balaban J connectivity index is 1.53. The first kappa shape index (κ1) is 25.3. The first-order valence-corrected chi connectivity index (χ1v) is 13.0. The highest BCUT2D eigenvalue weighted by Gasteiger charge is 2.36. The number of carbonyl (C=O) groups is 2. The minimum absolute atomic E-state index is 0.0406. The smallest absolute Gasteiger partial charge is 0.338 e. The average Bonchev–Trinajstić information content (AvgIpc) is 3.56. The van der Waals surface area contributed by atoms with E-state index in [2.05, 4.69) is 15.5 Å². The van der Waals surface area contributed by atoms with Gasteiger partial charge in [0.1, 0.15) is 18.0 Å². The molecule has 1 saturated heterocycles. The first-order valence-electron chi connectivity index (χ1n) is 11.4. The van der Waals surface area contributed by atoms with Gasteiger partial charge < -0.3 is 14.2 Å². The van der Waals surface area contributed by atoms with Gasteiger partial charge in [-0.15, -0.1) is 0 Å². The van der Waals surface area contributed by atoms with E-state index in [4.69, 9.17) is 14.2 Å². The summed E-state index contributed by atoms with van der Waals surface area (Å²) in [7, 11) is -2.44. The molecule has 1 aliphatic rings. The predicted molar refractivity (Wildman–Crippen MR) is 126 cm³/mol. The van der Waals surface area contributed by atoms with Crippen LogP contribution in [0.4, 0.5) is 0 Å². The number of cyclic esters (lactones) is 1. The number of nitrogens with zero attached hydrogens (tertiary/aromatic N) is 4. The van der Waals surface area contributed by atoms with Crippen LogP contribution in [0, 0.1) is 5.92 Å². The molecule has 0 bridgehead atoms. The zero-order valence-electron chi connectivity index (χ0n) is 19.8. The Kier molecular flexibility index (Phi) is 7.63. The highest BCUT2D eigenvalue weighted by molar-refractivity contribution is 7.91. The molecule has 0 aliphatic carbocycles. The Bertz CT molecular complexity index is 1310. The van der Waals surface area contributed by atoms with Crippen molar-refractivity contribution in [1.82, 2.24) is 20.2 Å². The summed E-state index contributed by atoms with van der Waals surface area (Å²) in [6.45, 7) is 1.77. The molecule has 12 heteroatoms. The molecule has 190 valence electrons. The van der Waals surface area contributed by atoms with E-state index >= 15 is 0 Å². The summed E-state index contributed by atoms with van der Waals surface area (Å²) >= 11 is 0. The molecule has 0 unspecified atom stereocenters. The van der Waals surface area contributed by atoms with Crippen molar-refractivity contribution in [3.05, 3.63) is 60.2 Å². The SMILES string of the molecule is COc1ccc(C(=O)O[C@@H](CCS(=O)(=O)c2nnnn2-c2ccccc2)[C@H](C)[C@H]2CCC(=O)O2)cc1. The van der Waals surface area contributed by atoms with Gasteiger partial charge in [0, 0.05) is 12.3 Å². The number of benzene rings is 2. The molecule has 3 atom stereocenters. The average molecular weight is 515 g/mol. The van der Waals surface area contributed by atoms with Gasteiger partial charge in [0.05, 0.1) is 24.1 Å². The Labute approximate surface area is 208 Å². The fourth-order valence-corrected chi connectivity index (χ4v) is 5.28. The molecule has 1 fully saturated rings. The standard InChI is InChI=1S/C24H26N4O7S/c1-16(20-12-13-22(29)34-20)21(35-23(30)17-8-10-19(33-2)11-9-17)14-15-36(31,32)24-25-26-27-28(24)18-6-4-3-5-7-18/h3-11,16,20-21H,12-15H2,1-2H3/t16-,20-,21+/m1/s1. The molecule has 11 nitrogen and oxygen atoms in total. The Morgan fingerprint density at radius 2 is 1.89 bits per heavy atom. The largest absolute Gasteiger partial charge is 0.497 e. The van der Waals surface area contributed by atoms with Crippen LogP contribution in [0.5, 0.6) is 5.75 Å². The Morgan fingerprint density at radius 3 is 2.53 bits per heavy atom.